The number of hydrogen-bond acceptors (Lipinski definition) is 3. The van der Waals surface area contributed by atoms with Gasteiger partial charge in [0, 0.05) is 36.0 Å². The molecular weight excluding hydrogens is 428 g/mol. The summed E-state index contributed by atoms with van der Waals surface area (Å²) in [6, 6.07) is 19.6. The van der Waals surface area contributed by atoms with E-state index in [2.05, 4.69) is 101 Å². The fourth-order valence-electron chi connectivity index (χ4n) is 4.73. The third kappa shape index (κ3) is 7.41. The van der Waals surface area contributed by atoms with Gasteiger partial charge in [-0.05, 0) is 69.7 Å². The average molecular weight is 473 g/mol. The molecule has 1 heterocycles. The van der Waals surface area contributed by atoms with Crippen LogP contribution >= 0.6 is 0 Å². The topological polar surface area (TPSA) is 25.4 Å². The van der Waals surface area contributed by atoms with E-state index in [-0.39, 0.29) is 6.10 Å². The number of benzene rings is 2. The molecule has 0 aliphatic heterocycles. The minimum absolute atomic E-state index is 0.115. The Morgan fingerprint density at radius 1 is 0.886 bits per heavy atom. The second kappa shape index (κ2) is 13.4. The Bertz CT molecular complexity index is 1040. The molecule has 0 fully saturated rings. The van der Waals surface area contributed by atoms with Crippen molar-refractivity contribution in [3.05, 3.63) is 82.5 Å². The summed E-state index contributed by atoms with van der Waals surface area (Å²) in [5, 5.41) is 0. The molecule has 1 aromatic heterocycles. The number of ether oxygens (including phenoxy) is 1. The summed E-state index contributed by atoms with van der Waals surface area (Å²) >= 11 is 0. The molecular formula is C32H44N2O. The van der Waals surface area contributed by atoms with E-state index in [1.165, 1.54) is 40.7 Å². The van der Waals surface area contributed by atoms with Crippen LogP contribution in [0.4, 0.5) is 0 Å². The lowest BCUT2D eigenvalue weighted by Gasteiger charge is -2.26. The molecule has 2 aromatic carbocycles. The summed E-state index contributed by atoms with van der Waals surface area (Å²) in [5.41, 5.74) is 8.72. The van der Waals surface area contributed by atoms with Gasteiger partial charge in [0.15, 0.2) is 0 Å². The molecule has 0 amide bonds. The molecule has 0 N–H and O–H groups in total. The van der Waals surface area contributed by atoms with Crippen molar-refractivity contribution in [2.75, 3.05) is 13.1 Å². The number of aromatic nitrogens is 1. The van der Waals surface area contributed by atoms with Crippen LogP contribution in [-0.4, -0.2) is 29.1 Å². The molecule has 35 heavy (non-hydrogen) atoms. The van der Waals surface area contributed by atoms with Gasteiger partial charge in [0.05, 0.1) is 11.8 Å². The Morgan fingerprint density at radius 2 is 1.57 bits per heavy atom. The molecule has 3 nitrogen and oxygen atoms in total. The van der Waals surface area contributed by atoms with Crippen LogP contribution in [-0.2, 0) is 25.8 Å². The number of rotatable bonds is 13. The highest BCUT2D eigenvalue weighted by molar-refractivity contribution is 5.70. The van der Waals surface area contributed by atoms with Gasteiger partial charge in [-0.3, -0.25) is 9.88 Å². The summed E-state index contributed by atoms with van der Waals surface area (Å²) in [6.45, 7) is 16.1. The molecule has 0 spiro atoms. The number of nitrogens with zero attached hydrogens (tertiary/aromatic N) is 2. The SMILES string of the molecule is CCCCN(CCc1ccccc1)Cc1c(OC(C)C)cc(-c2c(CC)cccc2CC)nc1C. The molecule has 0 aliphatic rings. The quantitative estimate of drug-likeness (QED) is 0.254. The third-order valence-electron chi connectivity index (χ3n) is 6.68. The minimum Gasteiger partial charge on any atom is -0.491 e. The van der Waals surface area contributed by atoms with E-state index < -0.39 is 0 Å². The van der Waals surface area contributed by atoms with E-state index in [0.717, 1.165) is 56.0 Å². The maximum Gasteiger partial charge on any atom is 0.128 e. The summed E-state index contributed by atoms with van der Waals surface area (Å²) < 4.78 is 6.44. The summed E-state index contributed by atoms with van der Waals surface area (Å²) in [7, 11) is 0. The second-order valence-corrected chi connectivity index (χ2v) is 9.76. The maximum atomic E-state index is 6.44. The minimum atomic E-state index is 0.115. The largest absolute Gasteiger partial charge is 0.491 e. The molecule has 0 atom stereocenters. The van der Waals surface area contributed by atoms with Crippen LogP contribution in [0.5, 0.6) is 5.75 Å². The molecule has 0 saturated carbocycles. The first-order valence-electron chi connectivity index (χ1n) is 13.5. The van der Waals surface area contributed by atoms with E-state index in [1.807, 2.05) is 0 Å². The van der Waals surface area contributed by atoms with Crippen molar-refractivity contribution < 1.29 is 4.74 Å². The van der Waals surface area contributed by atoms with Crippen LogP contribution in [0, 0.1) is 6.92 Å². The van der Waals surface area contributed by atoms with Gasteiger partial charge >= 0.3 is 0 Å². The van der Waals surface area contributed by atoms with Gasteiger partial charge in [-0.15, -0.1) is 0 Å². The normalized spacial score (nSPS) is 11.4. The Morgan fingerprint density at radius 3 is 2.17 bits per heavy atom. The lowest BCUT2D eigenvalue weighted by molar-refractivity contribution is 0.225. The van der Waals surface area contributed by atoms with Crippen molar-refractivity contribution in [1.29, 1.82) is 0 Å². The van der Waals surface area contributed by atoms with Crippen molar-refractivity contribution in [3.8, 4) is 17.0 Å². The predicted octanol–water partition coefficient (Wildman–Crippen LogP) is 7.81. The molecule has 0 aliphatic carbocycles. The van der Waals surface area contributed by atoms with Crippen LogP contribution in [0.25, 0.3) is 11.3 Å². The molecule has 0 bridgehead atoms. The summed E-state index contributed by atoms with van der Waals surface area (Å²) in [6.07, 6.45) is 5.56. The smallest absolute Gasteiger partial charge is 0.128 e. The van der Waals surface area contributed by atoms with Crippen molar-refractivity contribution in [3.63, 3.8) is 0 Å². The monoisotopic (exact) mass is 472 g/mol. The zero-order chi connectivity index (χ0) is 25.2. The Hall–Kier alpha value is -2.65. The van der Waals surface area contributed by atoms with Crippen molar-refractivity contribution in [1.82, 2.24) is 9.88 Å². The molecule has 0 saturated heterocycles. The van der Waals surface area contributed by atoms with E-state index in [9.17, 15) is 0 Å². The van der Waals surface area contributed by atoms with Gasteiger partial charge < -0.3 is 4.74 Å². The van der Waals surface area contributed by atoms with Gasteiger partial charge in [-0.25, -0.2) is 0 Å². The Kier molecular flexibility index (Phi) is 10.3. The first-order valence-corrected chi connectivity index (χ1v) is 13.5. The first-order chi connectivity index (χ1) is 17.0. The number of aryl methyl sites for hydroxylation is 3. The zero-order valence-corrected chi connectivity index (χ0v) is 22.7. The van der Waals surface area contributed by atoms with Gasteiger partial charge in [-0.1, -0.05) is 75.7 Å². The highest BCUT2D eigenvalue weighted by Crippen LogP contribution is 2.34. The third-order valence-corrected chi connectivity index (χ3v) is 6.68. The summed E-state index contributed by atoms with van der Waals surface area (Å²) in [4.78, 5) is 7.75. The number of unbranched alkanes of at least 4 members (excludes halogenated alkanes) is 1. The Balaban J connectivity index is 1.97. The van der Waals surface area contributed by atoms with Crippen LogP contribution in [0.2, 0.25) is 0 Å². The van der Waals surface area contributed by atoms with Crippen molar-refractivity contribution in [2.45, 2.75) is 86.3 Å². The molecule has 3 heteroatoms. The lowest BCUT2D eigenvalue weighted by atomic mass is 9.94. The van der Waals surface area contributed by atoms with Gasteiger partial charge in [0.25, 0.3) is 0 Å². The second-order valence-electron chi connectivity index (χ2n) is 9.76. The van der Waals surface area contributed by atoms with Gasteiger partial charge in [0.2, 0.25) is 0 Å². The molecule has 0 radical (unpaired) electrons. The van der Waals surface area contributed by atoms with Crippen LogP contribution in [0.1, 0.15) is 75.4 Å². The molecule has 3 rings (SSSR count). The van der Waals surface area contributed by atoms with Crippen molar-refractivity contribution >= 4 is 0 Å². The van der Waals surface area contributed by atoms with Gasteiger partial charge in [0.1, 0.15) is 5.75 Å². The average Bonchev–Trinajstić information content (AvgIpc) is 2.86. The fourth-order valence-corrected chi connectivity index (χ4v) is 4.73. The van der Waals surface area contributed by atoms with Gasteiger partial charge in [-0.2, -0.15) is 0 Å². The molecule has 3 aromatic rings. The maximum absolute atomic E-state index is 6.44. The van der Waals surface area contributed by atoms with E-state index >= 15 is 0 Å². The Labute approximate surface area is 213 Å². The zero-order valence-electron chi connectivity index (χ0n) is 22.7. The van der Waals surface area contributed by atoms with E-state index in [0.29, 0.717) is 0 Å². The first kappa shape index (κ1) is 26.9. The highest BCUT2D eigenvalue weighted by Gasteiger charge is 2.19. The standard InChI is InChI=1S/C32H44N2O/c1-7-10-20-34(21-19-26-15-12-11-13-16-26)23-29-25(6)33-30(22-31(29)35-24(4)5)32-27(8-2)17-14-18-28(32)9-3/h11-18,22,24H,7-10,19-21,23H2,1-6H3. The molecule has 0 unspecified atom stereocenters. The number of pyridine rings is 1. The lowest BCUT2D eigenvalue weighted by Crippen LogP contribution is -2.28. The fraction of sp³-hybridized carbons (Fsp3) is 0.469. The van der Waals surface area contributed by atoms with Crippen LogP contribution < -0.4 is 4.74 Å². The van der Waals surface area contributed by atoms with E-state index in [1.54, 1.807) is 0 Å². The van der Waals surface area contributed by atoms with E-state index in [4.69, 9.17) is 9.72 Å². The van der Waals surface area contributed by atoms with Crippen LogP contribution in [0.15, 0.2) is 54.6 Å². The predicted molar refractivity (Wildman–Crippen MR) is 149 cm³/mol. The van der Waals surface area contributed by atoms with Crippen LogP contribution in [0.3, 0.4) is 0 Å². The van der Waals surface area contributed by atoms with Crippen molar-refractivity contribution in [2.24, 2.45) is 0 Å². The summed E-state index contributed by atoms with van der Waals surface area (Å²) in [5.74, 6) is 0.983. The molecule has 188 valence electrons. The highest BCUT2D eigenvalue weighted by atomic mass is 16.5. The number of hydrogen-bond donors (Lipinski definition) is 0.